The van der Waals surface area contributed by atoms with E-state index >= 15 is 0 Å². The Morgan fingerprint density at radius 3 is 2.67 bits per heavy atom. The molecule has 0 radical (unpaired) electrons. The van der Waals surface area contributed by atoms with E-state index in [1.165, 1.54) is 25.3 Å². The van der Waals surface area contributed by atoms with Crippen molar-refractivity contribution in [1.82, 2.24) is 10.2 Å². The molecule has 0 aliphatic carbocycles. The topological polar surface area (TPSA) is 66.3 Å². The lowest BCUT2D eigenvalue weighted by atomic mass is 10.4. The Hall–Kier alpha value is -1.64. The molecule has 0 unspecified atom stereocenters. The summed E-state index contributed by atoms with van der Waals surface area (Å²) in [7, 11) is 2.91. The molecule has 0 spiro atoms. The standard InChI is InChI=1S/C12H21F3N4O2/c1-10(18-9-17-7-11(20)16-2)21-6-4-5-19(3)8-12(13,14)15/h9H,4-8H2,1-3H3,(H,16,20). The molecule has 0 aromatic rings. The molecule has 1 amide bonds. The maximum absolute atomic E-state index is 12.1. The lowest BCUT2D eigenvalue weighted by Gasteiger charge is -2.18. The first-order valence-electron chi connectivity index (χ1n) is 6.36. The molecule has 9 heteroatoms. The maximum Gasteiger partial charge on any atom is 0.401 e. The van der Waals surface area contributed by atoms with Gasteiger partial charge in [0.1, 0.15) is 12.9 Å². The second kappa shape index (κ2) is 10.1. The van der Waals surface area contributed by atoms with E-state index in [1.54, 1.807) is 6.92 Å². The van der Waals surface area contributed by atoms with Gasteiger partial charge in [-0.2, -0.15) is 13.2 Å². The summed E-state index contributed by atoms with van der Waals surface area (Å²) in [6, 6.07) is 0. The zero-order valence-corrected chi connectivity index (χ0v) is 12.4. The second-order valence-corrected chi connectivity index (χ2v) is 4.33. The van der Waals surface area contributed by atoms with Crippen molar-refractivity contribution >= 4 is 18.1 Å². The molecular weight excluding hydrogens is 289 g/mol. The first kappa shape index (κ1) is 19.4. The molecular formula is C12H21F3N4O2. The highest BCUT2D eigenvalue weighted by Crippen LogP contribution is 2.15. The molecule has 122 valence electrons. The number of ether oxygens (including phenoxy) is 1. The maximum atomic E-state index is 12.1. The number of rotatable bonds is 8. The Labute approximate surface area is 122 Å². The van der Waals surface area contributed by atoms with Crippen LogP contribution >= 0.6 is 0 Å². The van der Waals surface area contributed by atoms with Gasteiger partial charge in [-0.25, -0.2) is 4.99 Å². The van der Waals surface area contributed by atoms with Crippen LogP contribution in [0.4, 0.5) is 13.2 Å². The summed E-state index contributed by atoms with van der Waals surface area (Å²) in [6.07, 6.45) is -2.52. The Morgan fingerprint density at radius 2 is 2.10 bits per heavy atom. The summed E-state index contributed by atoms with van der Waals surface area (Å²) in [5, 5.41) is 2.40. The molecule has 0 heterocycles. The Kier molecular flexibility index (Phi) is 9.35. The lowest BCUT2D eigenvalue weighted by molar-refractivity contribution is -0.143. The van der Waals surface area contributed by atoms with Crippen molar-refractivity contribution in [3.8, 4) is 0 Å². The van der Waals surface area contributed by atoms with E-state index < -0.39 is 12.7 Å². The van der Waals surface area contributed by atoms with E-state index in [0.717, 1.165) is 0 Å². The van der Waals surface area contributed by atoms with Crippen LogP contribution in [0.15, 0.2) is 9.98 Å². The lowest BCUT2D eigenvalue weighted by Crippen LogP contribution is -2.32. The number of nitrogens with zero attached hydrogens (tertiary/aromatic N) is 3. The fraction of sp³-hybridized carbons (Fsp3) is 0.750. The highest BCUT2D eigenvalue weighted by atomic mass is 19.4. The number of aliphatic imine (C=N–C) groups is 2. The van der Waals surface area contributed by atoms with Crippen LogP contribution in [0.1, 0.15) is 13.3 Å². The number of nitrogens with one attached hydrogen (secondary N) is 1. The molecule has 21 heavy (non-hydrogen) atoms. The minimum atomic E-state index is -4.19. The van der Waals surface area contributed by atoms with Gasteiger partial charge in [0.2, 0.25) is 5.91 Å². The summed E-state index contributed by atoms with van der Waals surface area (Å²) in [5.41, 5.74) is 0. The third-order valence-corrected chi connectivity index (χ3v) is 2.28. The first-order chi connectivity index (χ1) is 9.74. The molecule has 0 aliphatic rings. The third kappa shape index (κ3) is 13.1. The summed E-state index contributed by atoms with van der Waals surface area (Å²) in [4.78, 5) is 19.6. The Morgan fingerprint density at radius 1 is 1.43 bits per heavy atom. The van der Waals surface area contributed by atoms with Crippen molar-refractivity contribution in [3.05, 3.63) is 0 Å². The number of alkyl halides is 3. The zero-order chi connectivity index (χ0) is 16.3. The van der Waals surface area contributed by atoms with Gasteiger partial charge < -0.3 is 10.1 Å². The van der Waals surface area contributed by atoms with Crippen molar-refractivity contribution in [1.29, 1.82) is 0 Å². The summed E-state index contributed by atoms with van der Waals surface area (Å²) in [6.45, 7) is 1.19. The molecule has 0 rings (SSSR count). The van der Waals surface area contributed by atoms with Crippen LogP contribution in [-0.4, -0.2) is 69.6 Å². The highest BCUT2D eigenvalue weighted by Gasteiger charge is 2.28. The van der Waals surface area contributed by atoms with E-state index in [2.05, 4.69) is 15.3 Å². The van der Waals surface area contributed by atoms with Gasteiger partial charge in [0.05, 0.1) is 13.2 Å². The quantitative estimate of drug-likeness (QED) is 0.414. The molecule has 0 atom stereocenters. The van der Waals surface area contributed by atoms with Crippen LogP contribution in [0.3, 0.4) is 0 Å². The van der Waals surface area contributed by atoms with Crippen LogP contribution in [0.25, 0.3) is 0 Å². The van der Waals surface area contributed by atoms with Crippen molar-refractivity contribution in [2.45, 2.75) is 19.5 Å². The summed E-state index contributed by atoms with van der Waals surface area (Å²) in [5.74, 6) is 0.113. The third-order valence-electron chi connectivity index (χ3n) is 2.28. The van der Waals surface area contributed by atoms with Gasteiger partial charge >= 0.3 is 6.18 Å². The molecule has 0 aromatic heterocycles. The molecule has 0 saturated heterocycles. The largest absolute Gasteiger partial charge is 0.481 e. The van der Waals surface area contributed by atoms with Gasteiger partial charge in [0, 0.05) is 20.5 Å². The van der Waals surface area contributed by atoms with Crippen LogP contribution in [0.2, 0.25) is 0 Å². The van der Waals surface area contributed by atoms with Crippen molar-refractivity contribution in [2.24, 2.45) is 9.98 Å². The number of hydrogen-bond donors (Lipinski definition) is 1. The second-order valence-electron chi connectivity index (χ2n) is 4.33. The Balaban J connectivity index is 3.79. The first-order valence-corrected chi connectivity index (χ1v) is 6.36. The average molecular weight is 310 g/mol. The minimum Gasteiger partial charge on any atom is -0.481 e. The SMILES string of the molecule is CNC(=O)CN=CN=C(C)OCCCN(C)CC(F)(F)F. The van der Waals surface area contributed by atoms with Crippen molar-refractivity contribution < 1.29 is 22.7 Å². The highest BCUT2D eigenvalue weighted by molar-refractivity contribution is 5.83. The summed E-state index contributed by atoms with van der Waals surface area (Å²) >= 11 is 0. The van der Waals surface area contributed by atoms with Crippen molar-refractivity contribution in [2.75, 3.05) is 40.3 Å². The number of halogens is 3. The van der Waals surface area contributed by atoms with E-state index in [4.69, 9.17) is 4.74 Å². The van der Waals surface area contributed by atoms with Crippen LogP contribution < -0.4 is 5.32 Å². The predicted molar refractivity (Wildman–Crippen MR) is 74.7 cm³/mol. The molecule has 0 fully saturated rings. The molecule has 0 aliphatic heterocycles. The van der Waals surface area contributed by atoms with Crippen LogP contribution in [0.5, 0.6) is 0 Å². The molecule has 0 bridgehead atoms. The van der Waals surface area contributed by atoms with Crippen LogP contribution in [0, 0.1) is 0 Å². The van der Waals surface area contributed by atoms with Gasteiger partial charge in [-0.1, -0.05) is 0 Å². The molecule has 0 saturated carbocycles. The molecule has 1 N–H and O–H groups in total. The Bertz CT molecular complexity index is 370. The monoisotopic (exact) mass is 310 g/mol. The fourth-order valence-electron chi connectivity index (χ4n) is 1.30. The van der Waals surface area contributed by atoms with Gasteiger partial charge in [0.25, 0.3) is 0 Å². The number of hydrogen-bond acceptors (Lipinski definition) is 4. The number of likely N-dealkylation sites (N-methyl/N-ethyl adjacent to an activating group) is 1. The van der Waals surface area contributed by atoms with Gasteiger partial charge in [-0.15, -0.1) is 0 Å². The number of amides is 1. The molecule has 0 aromatic carbocycles. The number of carbonyl (C=O) groups is 1. The fourth-order valence-corrected chi connectivity index (χ4v) is 1.30. The van der Waals surface area contributed by atoms with Gasteiger partial charge in [-0.3, -0.25) is 14.7 Å². The smallest absolute Gasteiger partial charge is 0.401 e. The van der Waals surface area contributed by atoms with Gasteiger partial charge in [0.15, 0.2) is 5.90 Å². The zero-order valence-electron chi connectivity index (χ0n) is 12.4. The number of carbonyl (C=O) groups excluding carboxylic acids is 1. The van der Waals surface area contributed by atoms with E-state index in [0.29, 0.717) is 12.3 Å². The average Bonchev–Trinajstić information content (AvgIpc) is 2.37. The normalized spacial score (nSPS) is 13.0. The van der Waals surface area contributed by atoms with E-state index in [1.807, 2.05) is 0 Å². The summed E-state index contributed by atoms with van der Waals surface area (Å²) < 4.78 is 41.4. The molecule has 6 nitrogen and oxygen atoms in total. The van der Waals surface area contributed by atoms with Gasteiger partial charge in [-0.05, 0) is 13.5 Å². The van der Waals surface area contributed by atoms with E-state index in [-0.39, 0.29) is 25.6 Å². The van der Waals surface area contributed by atoms with Crippen LogP contribution in [-0.2, 0) is 9.53 Å². The predicted octanol–water partition coefficient (Wildman–Crippen LogP) is 1.08. The van der Waals surface area contributed by atoms with Crippen molar-refractivity contribution in [3.63, 3.8) is 0 Å². The minimum absolute atomic E-state index is 0.0183. The van der Waals surface area contributed by atoms with E-state index in [9.17, 15) is 18.0 Å².